The first-order chi connectivity index (χ1) is 9.50. The Balaban J connectivity index is 2.01. The maximum absolute atomic E-state index is 11.6. The van der Waals surface area contributed by atoms with Gasteiger partial charge in [0.1, 0.15) is 5.01 Å². The highest BCUT2D eigenvalue weighted by atomic mass is 32.2. The van der Waals surface area contributed by atoms with Crippen molar-refractivity contribution in [2.24, 2.45) is 0 Å². The highest BCUT2D eigenvalue weighted by Gasteiger charge is 2.13. The number of hydrogen-bond donors (Lipinski definition) is 1. The summed E-state index contributed by atoms with van der Waals surface area (Å²) in [4.78, 5) is 4.26. The van der Waals surface area contributed by atoms with Crippen molar-refractivity contribution in [1.29, 1.82) is 0 Å². The molecule has 20 heavy (non-hydrogen) atoms. The van der Waals surface area contributed by atoms with Crippen LogP contribution in [-0.2, 0) is 9.84 Å². The van der Waals surface area contributed by atoms with E-state index in [0.717, 1.165) is 16.3 Å². The maximum Gasteiger partial charge on any atom is 0.152 e. The second kappa shape index (κ2) is 6.37. The monoisotopic (exact) mass is 310 g/mol. The molecular formula is C14H18N2O2S2. The lowest BCUT2D eigenvalue weighted by atomic mass is 10.2. The number of nitrogens with one attached hydrogen (secondary N) is 1. The summed E-state index contributed by atoms with van der Waals surface area (Å²) in [5.41, 5.74) is 1.99. The van der Waals surface area contributed by atoms with E-state index in [-0.39, 0.29) is 17.5 Å². The van der Waals surface area contributed by atoms with Crippen LogP contribution in [0.3, 0.4) is 0 Å². The number of rotatable bonds is 6. The van der Waals surface area contributed by atoms with E-state index < -0.39 is 9.84 Å². The maximum atomic E-state index is 11.6. The Labute approximate surface area is 123 Å². The van der Waals surface area contributed by atoms with Crippen molar-refractivity contribution in [3.05, 3.63) is 35.8 Å². The minimum atomic E-state index is -2.95. The quantitative estimate of drug-likeness (QED) is 0.891. The summed E-state index contributed by atoms with van der Waals surface area (Å²) in [6.07, 6.45) is 1.78. The van der Waals surface area contributed by atoms with Gasteiger partial charge >= 0.3 is 0 Å². The molecule has 6 heteroatoms. The number of sulfone groups is 1. The Morgan fingerprint density at radius 2 is 2.00 bits per heavy atom. The lowest BCUT2D eigenvalue weighted by molar-refractivity contribution is 0.593. The van der Waals surface area contributed by atoms with Gasteiger partial charge in [-0.05, 0) is 31.2 Å². The van der Waals surface area contributed by atoms with Crippen molar-refractivity contribution in [2.75, 3.05) is 16.8 Å². The summed E-state index contributed by atoms with van der Waals surface area (Å²) in [6.45, 7) is 3.55. The van der Waals surface area contributed by atoms with E-state index in [1.54, 1.807) is 24.5 Å². The minimum absolute atomic E-state index is 0.106. The molecular weight excluding hydrogens is 292 g/mol. The second-order valence-corrected chi connectivity index (χ2v) is 7.95. The Hall–Kier alpha value is -1.40. The number of nitrogens with zero attached hydrogens (tertiary/aromatic N) is 1. The number of anilines is 1. The van der Waals surface area contributed by atoms with E-state index >= 15 is 0 Å². The predicted octanol–water partition coefficient (Wildman–Crippen LogP) is 3.05. The first kappa shape index (κ1) is 15.0. The highest BCUT2D eigenvalue weighted by Crippen LogP contribution is 2.23. The summed E-state index contributed by atoms with van der Waals surface area (Å²) in [5.74, 6) is 0.333. The van der Waals surface area contributed by atoms with Gasteiger partial charge in [0.05, 0.1) is 5.75 Å². The Kier molecular flexibility index (Phi) is 4.77. The van der Waals surface area contributed by atoms with Crippen LogP contribution in [0.2, 0.25) is 0 Å². The minimum Gasteiger partial charge on any atom is -0.382 e. The predicted molar refractivity (Wildman–Crippen MR) is 85.0 cm³/mol. The summed E-state index contributed by atoms with van der Waals surface area (Å²) < 4.78 is 23.1. The standard InChI is InChI=1S/C14H18N2O2S2/c1-3-20(17,18)10-11(2)16-13-6-4-12(5-7-13)14-15-8-9-19-14/h4-9,11,16H,3,10H2,1-2H3. The van der Waals surface area contributed by atoms with Crippen LogP contribution in [0.4, 0.5) is 5.69 Å². The fraction of sp³-hybridized carbons (Fsp3) is 0.357. The zero-order chi connectivity index (χ0) is 14.6. The first-order valence-electron chi connectivity index (χ1n) is 6.47. The molecule has 0 amide bonds. The molecule has 1 aromatic heterocycles. The average Bonchev–Trinajstić information content (AvgIpc) is 2.93. The molecule has 1 atom stereocenters. The van der Waals surface area contributed by atoms with Crippen LogP contribution >= 0.6 is 11.3 Å². The molecule has 0 saturated carbocycles. The van der Waals surface area contributed by atoms with Crippen LogP contribution in [-0.4, -0.2) is 30.9 Å². The van der Waals surface area contributed by atoms with Gasteiger partial charge in [-0.1, -0.05) is 6.92 Å². The normalized spacial score (nSPS) is 13.1. The SMILES string of the molecule is CCS(=O)(=O)CC(C)Nc1ccc(-c2nccs2)cc1. The Morgan fingerprint density at radius 1 is 1.30 bits per heavy atom. The van der Waals surface area contributed by atoms with Crippen LogP contribution in [0.25, 0.3) is 10.6 Å². The van der Waals surface area contributed by atoms with Gasteiger partial charge in [0.25, 0.3) is 0 Å². The van der Waals surface area contributed by atoms with Crippen LogP contribution in [0, 0.1) is 0 Å². The largest absolute Gasteiger partial charge is 0.382 e. The molecule has 0 bridgehead atoms. The lowest BCUT2D eigenvalue weighted by Crippen LogP contribution is -2.26. The molecule has 0 aliphatic carbocycles. The van der Waals surface area contributed by atoms with Gasteiger partial charge in [-0.3, -0.25) is 0 Å². The van der Waals surface area contributed by atoms with Gasteiger partial charge in [-0.15, -0.1) is 11.3 Å². The molecule has 0 saturated heterocycles. The number of benzene rings is 1. The second-order valence-electron chi connectivity index (χ2n) is 4.66. The molecule has 4 nitrogen and oxygen atoms in total. The Bertz CT molecular complexity index is 634. The molecule has 108 valence electrons. The Morgan fingerprint density at radius 3 is 2.55 bits per heavy atom. The fourth-order valence-electron chi connectivity index (χ4n) is 1.90. The molecule has 1 N–H and O–H groups in total. The van der Waals surface area contributed by atoms with Crippen LogP contribution in [0.1, 0.15) is 13.8 Å². The van der Waals surface area contributed by atoms with E-state index in [1.807, 2.05) is 36.6 Å². The van der Waals surface area contributed by atoms with E-state index in [1.165, 1.54) is 0 Å². The summed E-state index contributed by atoms with van der Waals surface area (Å²) in [7, 11) is -2.95. The van der Waals surface area contributed by atoms with Crippen molar-refractivity contribution in [2.45, 2.75) is 19.9 Å². The molecule has 0 radical (unpaired) electrons. The molecule has 0 spiro atoms. The molecule has 1 aromatic carbocycles. The van der Waals surface area contributed by atoms with Gasteiger partial charge in [-0.25, -0.2) is 13.4 Å². The molecule has 0 aliphatic rings. The number of hydrogen-bond acceptors (Lipinski definition) is 5. The van der Waals surface area contributed by atoms with E-state index in [0.29, 0.717) is 0 Å². The smallest absolute Gasteiger partial charge is 0.152 e. The molecule has 2 rings (SSSR count). The first-order valence-corrected chi connectivity index (χ1v) is 9.17. The molecule has 0 fully saturated rings. The highest BCUT2D eigenvalue weighted by molar-refractivity contribution is 7.91. The third-order valence-corrected chi connectivity index (χ3v) is 5.63. The van der Waals surface area contributed by atoms with Gasteiger partial charge in [-0.2, -0.15) is 0 Å². The third-order valence-electron chi connectivity index (χ3n) is 2.92. The van der Waals surface area contributed by atoms with Crippen molar-refractivity contribution in [3.63, 3.8) is 0 Å². The van der Waals surface area contributed by atoms with Crippen molar-refractivity contribution < 1.29 is 8.42 Å². The van der Waals surface area contributed by atoms with Crippen LogP contribution in [0.5, 0.6) is 0 Å². The van der Waals surface area contributed by atoms with Crippen LogP contribution in [0.15, 0.2) is 35.8 Å². The lowest BCUT2D eigenvalue weighted by Gasteiger charge is -2.15. The molecule has 0 aliphatic heterocycles. The zero-order valence-corrected chi connectivity index (χ0v) is 13.2. The van der Waals surface area contributed by atoms with Crippen LogP contribution < -0.4 is 5.32 Å². The molecule has 2 aromatic rings. The van der Waals surface area contributed by atoms with Gasteiger partial charge in [0, 0.05) is 34.6 Å². The summed E-state index contributed by atoms with van der Waals surface area (Å²) in [6, 6.07) is 7.77. The van der Waals surface area contributed by atoms with E-state index in [4.69, 9.17) is 0 Å². The number of thiazole rings is 1. The molecule has 1 heterocycles. The average molecular weight is 310 g/mol. The van der Waals surface area contributed by atoms with Gasteiger partial charge in [0.2, 0.25) is 0 Å². The van der Waals surface area contributed by atoms with Crippen molar-refractivity contribution in [1.82, 2.24) is 4.98 Å². The topological polar surface area (TPSA) is 59.1 Å². The van der Waals surface area contributed by atoms with E-state index in [2.05, 4.69) is 10.3 Å². The summed E-state index contributed by atoms with van der Waals surface area (Å²) in [5, 5.41) is 6.14. The van der Waals surface area contributed by atoms with Crippen molar-refractivity contribution in [3.8, 4) is 10.6 Å². The third kappa shape index (κ3) is 4.05. The van der Waals surface area contributed by atoms with Crippen molar-refractivity contribution >= 4 is 26.9 Å². The molecule has 1 unspecified atom stereocenters. The number of aromatic nitrogens is 1. The van der Waals surface area contributed by atoms with Gasteiger partial charge in [0.15, 0.2) is 9.84 Å². The van der Waals surface area contributed by atoms with E-state index in [9.17, 15) is 8.42 Å². The summed E-state index contributed by atoms with van der Waals surface area (Å²) >= 11 is 1.60. The fourth-order valence-corrected chi connectivity index (χ4v) is 3.63. The zero-order valence-electron chi connectivity index (χ0n) is 11.5. The van der Waals surface area contributed by atoms with Gasteiger partial charge < -0.3 is 5.32 Å².